The van der Waals surface area contributed by atoms with E-state index in [4.69, 9.17) is 10.9 Å². The number of nitrogens with two attached hydrogens (primary N) is 1. The second-order valence-electron chi connectivity index (χ2n) is 3.52. The van der Waals surface area contributed by atoms with Crippen LogP contribution in [0, 0.1) is 12.7 Å². The van der Waals surface area contributed by atoms with Crippen LogP contribution in [0.3, 0.4) is 0 Å². The lowest BCUT2D eigenvalue weighted by molar-refractivity contribution is 0.317. The van der Waals surface area contributed by atoms with Crippen LogP contribution < -0.4 is 10.6 Å². The van der Waals surface area contributed by atoms with E-state index in [9.17, 15) is 4.39 Å². The summed E-state index contributed by atoms with van der Waals surface area (Å²) >= 11 is 0. The molecule has 0 aliphatic heterocycles. The van der Waals surface area contributed by atoms with Crippen molar-refractivity contribution >= 4 is 11.7 Å². The fraction of sp³-hybridized carbons (Fsp3) is 0.500. The maximum atomic E-state index is 13.8. The number of hydrogen-bond donors (Lipinski definition) is 2. The zero-order valence-corrected chi connectivity index (χ0v) is 9.89. The molecule has 0 radical (unpaired) electrons. The summed E-state index contributed by atoms with van der Waals surface area (Å²) in [5.74, 6) is -0.0887. The molecule has 0 atom stereocenters. The first kappa shape index (κ1) is 13.1. The SMILES string of the molecule is CCN(CCC(N)=NO)c1ncnc(C)c1F. The highest BCUT2D eigenvalue weighted by molar-refractivity contribution is 5.80. The number of anilines is 1. The first-order valence-corrected chi connectivity index (χ1v) is 5.28. The van der Waals surface area contributed by atoms with Crippen molar-refractivity contribution in [2.45, 2.75) is 20.3 Å². The van der Waals surface area contributed by atoms with Crippen molar-refractivity contribution in [3.63, 3.8) is 0 Å². The largest absolute Gasteiger partial charge is 0.409 e. The summed E-state index contributed by atoms with van der Waals surface area (Å²) in [6.07, 6.45) is 1.66. The van der Waals surface area contributed by atoms with Gasteiger partial charge in [-0.15, -0.1) is 0 Å². The summed E-state index contributed by atoms with van der Waals surface area (Å²) in [6.45, 7) is 4.47. The zero-order valence-electron chi connectivity index (χ0n) is 9.89. The van der Waals surface area contributed by atoms with E-state index in [1.807, 2.05) is 6.92 Å². The molecule has 1 heterocycles. The molecule has 0 aliphatic carbocycles. The molecule has 1 aromatic heterocycles. The van der Waals surface area contributed by atoms with Crippen LogP contribution in [0.5, 0.6) is 0 Å². The van der Waals surface area contributed by atoms with Gasteiger partial charge in [-0.3, -0.25) is 0 Å². The normalized spacial score (nSPS) is 11.6. The number of rotatable bonds is 5. The van der Waals surface area contributed by atoms with Gasteiger partial charge < -0.3 is 15.8 Å². The second-order valence-corrected chi connectivity index (χ2v) is 3.52. The van der Waals surface area contributed by atoms with Gasteiger partial charge in [-0.25, -0.2) is 14.4 Å². The summed E-state index contributed by atoms with van der Waals surface area (Å²) in [5.41, 5.74) is 5.67. The third-order valence-corrected chi connectivity index (χ3v) is 2.39. The minimum Gasteiger partial charge on any atom is -0.409 e. The first-order chi connectivity index (χ1) is 8.10. The molecule has 1 rings (SSSR count). The molecule has 0 unspecified atom stereocenters. The highest BCUT2D eigenvalue weighted by Crippen LogP contribution is 2.17. The quantitative estimate of drug-likeness (QED) is 0.346. The van der Waals surface area contributed by atoms with Crippen LogP contribution in [-0.4, -0.2) is 34.1 Å². The maximum absolute atomic E-state index is 13.8. The second kappa shape index (κ2) is 5.97. The van der Waals surface area contributed by atoms with Crippen molar-refractivity contribution in [1.82, 2.24) is 9.97 Å². The standard InChI is InChI=1S/C10H16FN5O/c1-3-16(5-4-8(12)15-17)10-9(11)7(2)13-6-14-10/h6,17H,3-5H2,1-2H3,(H2,12,15). The number of amidine groups is 1. The van der Waals surface area contributed by atoms with Gasteiger partial charge in [0.15, 0.2) is 11.6 Å². The zero-order chi connectivity index (χ0) is 12.8. The Hall–Kier alpha value is -1.92. The van der Waals surface area contributed by atoms with Crippen LogP contribution in [0.4, 0.5) is 10.2 Å². The van der Waals surface area contributed by atoms with Gasteiger partial charge in [-0.1, -0.05) is 5.16 Å². The Morgan fingerprint density at radius 2 is 2.29 bits per heavy atom. The number of oxime groups is 1. The molecule has 0 aromatic carbocycles. The predicted molar refractivity (Wildman–Crippen MR) is 62.6 cm³/mol. The topological polar surface area (TPSA) is 87.6 Å². The van der Waals surface area contributed by atoms with Crippen LogP contribution >= 0.6 is 0 Å². The van der Waals surface area contributed by atoms with Gasteiger partial charge in [0.25, 0.3) is 0 Å². The van der Waals surface area contributed by atoms with Gasteiger partial charge >= 0.3 is 0 Å². The van der Waals surface area contributed by atoms with Gasteiger partial charge in [0.1, 0.15) is 12.2 Å². The van der Waals surface area contributed by atoms with Crippen molar-refractivity contribution in [3.8, 4) is 0 Å². The van der Waals surface area contributed by atoms with Crippen molar-refractivity contribution in [2.24, 2.45) is 10.9 Å². The maximum Gasteiger partial charge on any atom is 0.186 e. The summed E-state index contributed by atoms with van der Waals surface area (Å²) in [6, 6.07) is 0. The van der Waals surface area contributed by atoms with Gasteiger partial charge in [-0.2, -0.15) is 0 Å². The Bertz CT molecular complexity index is 410. The smallest absolute Gasteiger partial charge is 0.186 e. The van der Waals surface area contributed by atoms with Crippen molar-refractivity contribution < 1.29 is 9.60 Å². The van der Waals surface area contributed by atoms with Gasteiger partial charge in [-0.05, 0) is 13.8 Å². The summed E-state index contributed by atoms with van der Waals surface area (Å²) in [7, 11) is 0. The highest BCUT2D eigenvalue weighted by Gasteiger charge is 2.14. The molecular formula is C10H16FN5O. The van der Waals surface area contributed by atoms with Crippen LogP contribution in [0.2, 0.25) is 0 Å². The average molecular weight is 241 g/mol. The van der Waals surface area contributed by atoms with Crippen LogP contribution in [0.1, 0.15) is 19.0 Å². The van der Waals surface area contributed by atoms with E-state index in [1.54, 1.807) is 11.8 Å². The lowest BCUT2D eigenvalue weighted by atomic mass is 10.3. The summed E-state index contributed by atoms with van der Waals surface area (Å²) in [5, 5.41) is 11.3. The van der Waals surface area contributed by atoms with Gasteiger partial charge in [0.05, 0.1) is 5.69 Å². The molecule has 0 saturated carbocycles. The Morgan fingerprint density at radius 3 is 2.88 bits per heavy atom. The van der Waals surface area contributed by atoms with E-state index in [1.165, 1.54) is 6.33 Å². The molecule has 94 valence electrons. The number of hydrogen-bond acceptors (Lipinski definition) is 5. The average Bonchev–Trinajstić information content (AvgIpc) is 2.34. The molecule has 0 amide bonds. The fourth-order valence-electron chi connectivity index (χ4n) is 1.38. The number of halogens is 1. The molecule has 0 saturated heterocycles. The molecule has 0 aliphatic rings. The third kappa shape index (κ3) is 3.27. The Balaban J connectivity index is 2.83. The molecule has 0 fully saturated rings. The van der Waals surface area contributed by atoms with Gasteiger partial charge in [0.2, 0.25) is 0 Å². The molecular weight excluding hydrogens is 225 g/mol. The minimum absolute atomic E-state index is 0.106. The lowest BCUT2D eigenvalue weighted by Crippen LogP contribution is -2.29. The molecule has 6 nitrogen and oxygen atoms in total. The van der Waals surface area contributed by atoms with E-state index in [-0.39, 0.29) is 11.7 Å². The van der Waals surface area contributed by atoms with E-state index in [0.717, 1.165) is 0 Å². The van der Waals surface area contributed by atoms with Crippen LogP contribution in [0.15, 0.2) is 11.5 Å². The number of aromatic nitrogens is 2. The molecule has 0 spiro atoms. The summed E-state index contributed by atoms with van der Waals surface area (Å²) in [4.78, 5) is 9.39. The highest BCUT2D eigenvalue weighted by atomic mass is 19.1. The molecule has 3 N–H and O–H groups in total. The minimum atomic E-state index is -0.436. The van der Waals surface area contributed by atoms with E-state index < -0.39 is 5.82 Å². The van der Waals surface area contributed by atoms with Crippen molar-refractivity contribution in [2.75, 3.05) is 18.0 Å². The first-order valence-electron chi connectivity index (χ1n) is 5.28. The number of aryl methyl sites for hydroxylation is 1. The molecule has 1 aromatic rings. The van der Waals surface area contributed by atoms with Crippen molar-refractivity contribution in [1.29, 1.82) is 0 Å². The Labute approximate surface area is 99.0 Å². The Kier molecular flexibility index (Phi) is 4.62. The lowest BCUT2D eigenvalue weighted by Gasteiger charge is -2.22. The molecule has 7 heteroatoms. The molecule has 0 bridgehead atoms. The van der Waals surface area contributed by atoms with Gasteiger partial charge in [0, 0.05) is 19.5 Å². The number of nitrogens with zero attached hydrogens (tertiary/aromatic N) is 4. The van der Waals surface area contributed by atoms with E-state index in [0.29, 0.717) is 25.2 Å². The van der Waals surface area contributed by atoms with E-state index in [2.05, 4.69) is 15.1 Å². The third-order valence-electron chi connectivity index (χ3n) is 2.39. The Morgan fingerprint density at radius 1 is 1.59 bits per heavy atom. The van der Waals surface area contributed by atoms with Crippen LogP contribution in [0.25, 0.3) is 0 Å². The van der Waals surface area contributed by atoms with Crippen LogP contribution in [-0.2, 0) is 0 Å². The predicted octanol–water partition coefficient (Wildman–Crippen LogP) is 0.887. The monoisotopic (exact) mass is 241 g/mol. The van der Waals surface area contributed by atoms with Crippen molar-refractivity contribution in [3.05, 3.63) is 17.8 Å². The summed E-state index contributed by atoms with van der Waals surface area (Å²) < 4.78 is 13.8. The fourth-order valence-corrected chi connectivity index (χ4v) is 1.38. The molecule has 17 heavy (non-hydrogen) atoms. The van der Waals surface area contributed by atoms with E-state index >= 15 is 0 Å².